The van der Waals surface area contributed by atoms with Gasteiger partial charge in [-0.05, 0) is 73.9 Å². The van der Waals surface area contributed by atoms with Crippen molar-refractivity contribution in [3.8, 4) is 0 Å². The maximum Gasteiger partial charge on any atom is 0.244 e. The highest BCUT2D eigenvalue weighted by Gasteiger charge is 2.30. The number of nitrogens with zero attached hydrogens (tertiary/aromatic N) is 1. The Morgan fingerprint density at radius 1 is 1.13 bits per heavy atom. The summed E-state index contributed by atoms with van der Waals surface area (Å²) in [6.07, 6.45) is 6.41. The standard InChI is InChI=1S/C23H29ClN2O3S/c1-4-22(19-13-12-17-8-5-6-9-18(17)14-19)25-23(27)16(2)26(30(3,28)29)21-11-7-10-20(24)15-21/h7,10-16,22H,4-6,8-9H2,1-3H3,(H,25,27)/t16-,22-/m1/s1. The quantitative estimate of drug-likeness (QED) is 0.670. The zero-order chi connectivity index (χ0) is 21.9. The molecule has 162 valence electrons. The van der Waals surface area contributed by atoms with E-state index in [0.717, 1.165) is 29.0 Å². The molecule has 3 rings (SSSR count). The van der Waals surface area contributed by atoms with E-state index in [0.29, 0.717) is 17.1 Å². The van der Waals surface area contributed by atoms with Gasteiger partial charge in [-0.3, -0.25) is 9.10 Å². The van der Waals surface area contributed by atoms with Gasteiger partial charge in [0.15, 0.2) is 0 Å². The molecule has 0 saturated heterocycles. The summed E-state index contributed by atoms with van der Waals surface area (Å²) >= 11 is 6.05. The van der Waals surface area contributed by atoms with Crippen LogP contribution in [0, 0.1) is 0 Å². The van der Waals surface area contributed by atoms with Crippen molar-refractivity contribution in [1.82, 2.24) is 5.32 Å². The zero-order valence-corrected chi connectivity index (χ0v) is 19.3. The van der Waals surface area contributed by atoms with Gasteiger partial charge in [0.05, 0.1) is 18.0 Å². The van der Waals surface area contributed by atoms with Crippen molar-refractivity contribution in [2.24, 2.45) is 0 Å². The molecule has 0 spiro atoms. The molecule has 30 heavy (non-hydrogen) atoms. The van der Waals surface area contributed by atoms with Gasteiger partial charge in [-0.1, -0.05) is 42.8 Å². The first-order chi connectivity index (χ1) is 14.2. The first kappa shape index (κ1) is 22.6. The minimum Gasteiger partial charge on any atom is -0.347 e. The van der Waals surface area contributed by atoms with Crippen molar-refractivity contribution in [2.45, 2.75) is 58.0 Å². The molecule has 0 aromatic heterocycles. The number of anilines is 1. The lowest BCUT2D eigenvalue weighted by Crippen LogP contribution is -2.48. The maximum absolute atomic E-state index is 13.1. The molecule has 0 aliphatic heterocycles. The van der Waals surface area contributed by atoms with Gasteiger partial charge >= 0.3 is 0 Å². The fraction of sp³-hybridized carbons (Fsp3) is 0.435. The van der Waals surface area contributed by atoms with Crippen LogP contribution in [-0.4, -0.2) is 26.6 Å². The van der Waals surface area contributed by atoms with Crippen molar-refractivity contribution in [3.63, 3.8) is 0 Å². The van der Waals surface area contributed by atoms with E-state index >= 15 is 0 Å². The Balaban J connectivity index is 1.83. The summed E-state index contributed by atoms with van der Waals surface area (Å²) in [5.74, 6) is -0.343. The van der Waals surface area contributed by atoms with Gasteiger partial charge in [-0.15, -0.1) is 0 Å². The molecule has 0 heterocycles. The van der Waals surface area contributed by atoms with E-state index < -0.39 is 16.1 Å². The minimum absolute atomic E-state index is 0.173. The van der Waals surface area contributed by atoms with Gasteiger partial charge in [0, 0.05) is 5.02 Å². The molecule has 0 unspecified atom stereocenters. The number of nitrogens with one attached hydrogen (secondary N) is 1. The number of carbonyl (C=O) groups excluding carboxylic acids is 1. The Kier molecular flexibility index (Phi) is 7.09. The van der Waals surface area contributed by atoms with Crippen LogP contribution in [-0.2, 0) is 27.7 Å². The summed E-state index contributed by atoms with van der Waals surface area (Å²) in [5, 5.41) is 3.46. The van der Waals surface area contributed by atoms with Crippen LogP contribution in [0.2, 0.25) is 5.02 Å². The lowest BCUT2D eigenvalue weighted by molar-refractivity contribution is -0.122. The number of benzene rings is 2. The van der Waals surface area contributed by atoms with Gasteiger partial charge in [-0.2, -0.15) is 0 Å². The first-order valence-electron chi connectivity index (χ1n) is 10.4. The molecule has 0 bridgehead atoms. The monoisotopic (exact) mass is 448 g/mol. The molecule has 0 radical (unpaired) electrons. The summed E-state index contributed by atoms with van der Waals surface area (Å²) in [4.78, 5) is 13.1. The van der Waals surface area contributed by atoms with Gasteiger partial charge in [0.25, 0.3) is 0 Å². The third-order valence-corrected chi connectivity index (χ3v) is 7.13. The smallest absolute Gasteiger partial charge is 0.244 e. The van der Waals surface area contributed by atoms with Crippen LogP contribution < -0.4 is 9.62 Å². The lowest BCUT2D eigenvalue weighted by Gasteiger charge is -2.30. The molecule has 1 aliphatic carbocycles. The van der Waals surface area contributed by atoms with Crippen LogP contribution in [0.1, 0.15) is 55.8 Å². The summed E-state index contributed by atoms with van der Waals surface area (Å²) in [7, 11) is -3.68. The number of aryl methyl sites for hydroxylation is 2. The average Bonchev–Trinajstić information content (AvgIpc) is 2.70. The predicted octanol–water partition coefficient (Wildman–Crippen LogP) is 4.64. The first-order valence-corrected chi connectivity index (χ1v) is 12.6. The van der Waals surface area contributed by atoms with Gasteiger partial charge in [0.2, 0.25) is 15.9 Å². The predicted molar refractivity (Wildman–Crippen MR) is 122 cm³/mol. The topological polar surface area (TPSA) is 66.5 Å². The lowest BCUT2D eigenvalue weighted by atomic mass is 9.88. The van der Waals surface area contributed by atoms with Crippen molar-refractivity contribution in [3.05, 3.63) is 64.2 Å². The molecule has 2 aromatic carbocycles. The van der Waals surface area contributed by atoms with E-state index in [1.54, 1.807) is 31.2 Å². The number of hydrogen-bond acceptors (Lipinski definition) is 3. The van der Waals surface area contributed by atoms with E-state index in [4.69, 9.17) is 11.6 Å². The molecule has 5 nitrogen and oxygen atoms in total. The molecule has 1 N–H and O–H groups in total. The SMILES string of the molecule is CC[C@@H](NC(=O)[C@@H](C)N(c1cccc(Cl)c1)S(C)(=O)=O)c1ccc2c(c1)CCCC2. The van der Waals surface area contributed by atoms with Crippen LogP contribution in [0.3, 0.4) is 0 Å². The number of hydrogen-bond donors (Lipinski definition) is 1. The van der Waals surface area contributed by atoms with Gasteiger partial charge < -0.3 is 5.32 Å². The van der Waals surface area contributed by atoms with E-state index in [1.807, 2.05) is 6.92 Å². The summed E-state index contributed by atoms with van der Waals surface area (Å²) in [6, 6.07) is 11.9. The second kappa shape index (κ2) is 9.40. The Hall–Kier alpha value is -2.05. The molecule has 1 amide bonds. The largest absolute Gasteiger partial charge is 0.347 e. The number of fused-ring (bicyclic) bond motifs is 1. The molecule has 2 atom stereocenters. The van der Waals surface area contributed by atoms with Crippen LogP contribution >= 0.6 is 11.6 Å². The number of sulfonamides is 1. The Morgan fingerprint density at radius 2 is 1.83 bits per heavy atom. The third kappa shape index (κ3) is 5.16. The van der Waals surface area contributed by atoms with Crippen LogP contribution in [0.25, 0.3) is 0 Å². The highest BCUT2D eigenvalue weighted by atomic mass is 35.5. The van der Waals surface area contributed by atoms with Crippen molar-refractivity contribution in [2.75, 3.05) is 10.6 Å². The summed E-state index contributed by atoms with van der Waals surface area (Å²) in [5.41, 5.74) is 4.18. The molecule has 7 heteroatoms. The second-order valence-corrected chi connectivity index (χ2v) is 10.2. The van der Waals surface area contributed by atoms with Crippen LogP contribution in [0.15, 0.2) is 42.5 Å². The number of rotatable bonds is 7. The van der Waals surface area contributed by atoms with E-state index in [-0.39, 0.29) is 11.9 Å². The zero-order valence-electron chi connectivity index (χ0n) is 17.7. The number of carbonyl (C=O) groups is 1. The van der Waals surface area contributed by atoms with Gasteiger partial charge in [0.1, 0.15) is 6.04 Å². The van der Waals surface area contributed by atoms with Crippen LogP contribution in [0.4, 0.5) is 5.69 Å². The minimum atomic E-state index is -3.68. The van der Waals surface area contributed by atoms with Crippen molar-refractivity contribution >= 4 is 33.2 Å². The maximum atomic E-state index is 13.1. The molecule has 2 aromatic rings. The highest BCUT2D eigenvalue weighted by molar-refractivity contribution is 7.92. The highest BCUT2D eigenvalue weighted by Crippen LogP contribution is 2.27. The van der Waals surface area contributed by atoms with Crippen molar-refractivity contribution < 1.29 is 13.2 Å². The average molecular weight is 449 g/mol. The fourth-order valence-corrected chi connectivity index (χ4v) is 5.46. The summed E-state index contributed by atoms with van der Waals surface area (Å²) < 4.78 is 26.1. The molecular weight excluding hydrogens is 420 g/mol. The molecule has 1 aliphatic rings. The van der Waals surface area contributed by atoms with E-state index in [9.17, 15) is 13.2 Å². The Labute approximate surface area is 184 Å². The van der Waals surface area contributed by atoms with Crippen molar-refractivity contribution in [1.29, 1.82) is 0 Å². The summed E-state index contributed by atoms with van der Waals surface area (Å²) in [6.45, 7) is 3.61. The molecule has 0 saturated carbocycles. The Bertz CT molecular complexity index is 1020. The van der Waals surface area contributed by atoms with Crippen LogP contribution in [0.5, 0.6) is 0 Å². The fourth-order valence-electron chi connectivity index (χ4n) is 4.11. The number of halogens is 1. The second-order valence-electron chi connectivity index (χ2n) is 7.92. The van der Waals surface area contributed by atoms with E-state index in [1.165, 1.54) is 24.0 Å². The Morgan fingerprint density at radius 3 is 2.47 bits per heavy atom. The van der Waals surface area contributed by atoms with E-state index in [2.05, 4.69) is 23.5 Å². The van der Waals surface area contributed by atoms with Gasteiger partial charge in [-0.25, -0.2) is 8.42 Å². The normalized spacial score (nSPS) is 15.7. The third-order valence-electron chi connectivity index (χ3n) is 5.65. The molecular formula is C23H29ClN2O3S. The number of amides is 1. The molecule has 0 fully saturated rings.